The van der Waals surface area contributed by atoms with Crippen LogP contribution in [0.25, 0.3) is 0 Å². The summed E-state index contributed by atoms with van der Waals surface area (Å²) in [6, 6.07) is 17.9. The fraction of sp³-hybridized carbons (Fsp3) is 0.231. The van der Waals surface area contributed by atoms with E-state index >= 15 is 0 Å². The molecule has 6 nitrogen and oxygen atoms in total. The van der Waals surface area contributed by atoms with E-state index in [2.05, 4.69) is 30.8 Å². The number of hydrogen-bond acceptors (Lipinski definition) is 3. The largest absolute Gasteiger partial charge is 0.573 e. The summed E-state index contributed by atoms with van der Waals surface area (Å²) in [5.41, 5.74) is 2.68. The average molecular weight is 486 g/mol. The van der Waals surface area contributed by atoms with Crippen LogP contribution in [0.3, 0.4) is 0 Å². The molecule has 0 unspecified atom stereocenters. The fourth-order valence-electron chi connectivity index (χ4n) is 3.29. The smallest absolute Gasteiger partial charge is 0.478 e. The summed E-state index contributed by atoms with van der Waals surface area (Å²) in [6.07, 6.45) is -4.81. The third kappa shape index (κ3) is 7.23. The van der Waals surface area contributed by atoms with E-state index in [1.807, 2.05) is 24.3 Å². The number of urea groups is 1. The fourth-order valence-corrected chi connectivity index (χ4v) is 3.29. The minimum Gasteiger partial charge on any atom is -0.478 e. The van der Waals surface area contributed by atoms with Crippen molar-refractivity contribution < 1.29 is 32.6 Å². The van der Waals surface area contributed by atoms with Gasteiger partial charge in [0.25, 0.3) is 0 Å². The number of anilines is 2. The van der Waals surface area contributed by atoms with Crippen LogP contribution in [-0.2, 0) is 12.0 Å². The number of rotatable bonds is 6. The van der Waals surface area contributed by atoms with Crippen molar-refractivity contribution in [2.24, 2.45) is 0 Å². The van der Waals surface area contributed by atoms with Crippen LogP contribution in [0.5, 0.6) is 5.75 Å². The normalized spacial score (nSPS) is 11.6. The number of nitrogens with one attached hydrogen (secondary N) is 1. The molecule has 0 heterocycles. The Morgan fingerprint density at radius 1 is 0.886 bits per heavy atom. The number of amides is 2. The van der Waals surface area contributed by atoms with Crippen LogP contribution >= 0.6 is 0 Å². The molecule has 2 amide bonds. The quantitative estimate of drug-likeness (QED) is 0.401. The number of hydrogen-bond donors (Lipinski definition) is 2. The maximum atomic E-state index is 13.2. The lowest BCUT2D eigenvalue weighted by Crippen LogP contribution is -2.34. The molecule has 0 aliphatic rings. The first-order chi connectivity index (χ1) is 16.3. The number of alkyl halides is 3. The van der Waals surface area contributed by atoms with Crippen molar-refractivity contribution >= 4 is 23.4 Å². The van der Waals surface area contributed by atoms with Crippen LogP contribution in [-0.4, -0.2) is 23.5 Å². The van der Waals surface area contributed by atoms with E-state index in [0.717, 1.165) is 17.7 Å². The third-order valence-corrected chi connectivity index (χ3v) is 5.17. The molecule has 0 fully saturated rings. The first-order valence-electron chi connectivity index (χ1n) is 10.7. The molecular weight excluding hydrogens is 461 g/mol. The maximum absolute atomic E-state index is 13.2. The lowest BCUT2D eigenvalue weighted by Gasteiger charge is -2.25. The van der Waals surface area contributed by atoms with Crippen molar-refractivity contribution in [3.63, 3.8) is 0 Å². The Hall–Kier alpha value is -4.01. The van der Waals surface area contributed by atoms with E-state index in [0.29, 0.717) is 11.3 Å². The van der Waals surface area contributed by atoms with Gasteiger partial charge in [-0.1, -0.05) is 45.0 Å². The van der Waals surface area contributed by atoms with Gasteiger partial charge in [0.2, 0.25) is 0 Å². The molecule has 0 aliphatic carbocycles. The van der Waals surface area contributed by atoms with E-state index in [-0.39, 0.29) is 23.2 Å². The Morgan fingerprint density at radius 3 is 1.94 bits per heavy atom. The highest BCUT2D eigenvalue weighted by Crippen LogP contribution is 2.27. The number of halogens is 3. The molecule has 9 heteroatoms. The first-order valence-corrected chi connectivity index (χ1v) is 10.7. The molecule has 0 atom stereocenters. The second kappa shape index (κ2) is 10.1. The lowest BCUT2D eigenvalue weighted by molar-refractivity contribution is -0.274. The highest BCUT2D eigenvalue weighted by molar-refractivity contribution is 6.01. The molecule has 0 bridgehead atoms. The Labute approximate surface area is 201 Å². The number of carboxylic acids is 1. The highest BCUT2D eigenvalue weighted by atomic mass is 19.4. The number of nitrogens with zero attached hydrogens (tertiary/aromatic N) is 1. The number of carbonyl (C=O) groups excluding carboxylic acids is 1. The summed E-state index contributed by atoms with van der Waals surface area (Å²) in [4.78, 5) is 25.8. The predicted octanol–water partition coefficient (Wildman–Crippen LogP) is 6.82. The van der Waals surface area contributed by atoms with Gasteiger partial charge < -0.3 is 15.2 Å². The Morgan fingerprint density at radius 2 is 1.46 bits per heavy atom. The zero-order chi connectivity index (χ0) is 25.8. The van der Waals surface area contributed by atoms with E-state index in [9.17, 15) is 22.8 Å². The zero-order valence-corrected chi connectivity index (χ0v) is 19.4. The van der Waals surface area contributed by atoms with Gasteiger partial charge in [-0.15, -0.1) is 13.2 Å². The van der Waals surface area contributed by atoms with Gasteiger partial charge in [0.05, 0.1) is 12.1 Å². The minimum atomic E-state index is -4.81. The van der Waals surface area contributed by atoms with Gasteiger partial charge in [-0.2, -0.15) is 0 Å². The van der Waals surface area contributed by atoms with Gasteiger partial charge in [0, 0.05) is 11.4 Å². The van der Waals surface area contributed by atoms with Crippen LogP contribution in [0.4, 0.5) is 29.3 Å². The predicted molar refractivity (Wildman–Crippen MR) is 127 cm³/mol. The molecule has 0 aliphatic heterocycles. The summed E-state index contributed by atoms with van der Waals surface area (Å²) in [5, 5.41) is 11.8. The summed E-state index contributed by atoms with van der Waals surface area (Å²) in [5.74, 6) is -1.45. The maximum Gasteiger partial charge on any atom is 0.573 e. The van der Waals surface area contributed by atoms with E-state index in [4.69, 9.17) is 5.11 Å². The monoisotopic (exact) mass is 486 g/mol. The summed E-state index contributed by atoms with van der Waals surface area (Å²) in [6.45, 7) is 6.35. The Bertz CT molecular complexity index is 1170. The summed E-state index contributed by atoms with van der Waals surface area (Å²) in [7, 11) is 0. The second-order valence-corrected chi connectivity index (χ2v) is 8.89. The van der Waals surface area contributed by atoms with Crippen LogP contribution in [0.2, 0.25) is 0 Å². The number of aromatic carboxylic acids is 1. The van der Waals surface area contributed by atoms with Crippen molar-refractivity contribution in [3.05, 3.63) is 89.5 Å². The number of carbonyl (C=O) groups is 2. The first kappa shape index (κ1) is 25.6. The highest BCUT2D eigenvalue weighted by Gasteiger charge is 2.31. The van der Waals surface area contributed by atoms with Crippen LogP contribution in [0.15, 0.2) is 72.8 Å². The zero-order valence-electron chi connectivity index (χ0n) is 19.4. The SMILES string of the molecule is CC(C)(C)c1ccc(N(Cc2ccc(C(=O)O)cc2)C(=O)Nc2ccc(OC(F)(F)F)cc2)cc1. The van der Waals surface area contributed by atoms with Crippen molar-refractivity contribution in [3.8, 4) is 5.75 Å². The molecule has 2 N–H and O–H groups in total. The van der Waals surface area contributed by atoms with Gasteiger partial charge in [-0.05, 0) is 65.1 Å². The molecule has 3 rings (SSSR count). The van der Waals surface area contributed by atoms with Gasteiger partial charge in [0.1, 0.15) is 5.75 Å². The number of ether oxygens (including phenoxy) is 1. The van der Waals surface area contributed by atoms with Crippen LogP contribution in [0.1, 0.15) is 42.3 Å². The van der Waals surface area contributed by atoms with Crippen molar-refractivity contribution in [1.29, 1.82) is 0 Å². The van der Waals surface area contributed by atoms with Gasteiger partial charge >= 0.3 is 18.4 Å². The molecule has 3 aromatic rings. The third-order valence-electron chi connectivity index (χ3n) is 5.17. The molecule has 0 saturated carbocycles. The lowest BCUT2D eigenvalue weighted by atomic mass is 9.87. The van der Waals surface area contributed by atoms with Crippen molar-refractivity contribution in [2.75, 3.05) is 10.2 Å². The summed E-state index contributed by atoms with van der Waals surface area (Å²) < 4.78 is 41.0. The molecule has 0 aromatic heterocycles. The Kier molecular flexibility index (Phi) is 7.38. The van der Waals surface area contributed by atoms with Crippen molar-refractivity contribution in [1.82, 2.24) is 0 Å². The molecule has 0 saturated heterocycles. The van der Waals surface area contributed by atoms with Crippen LogP contribution < -0.4 is 15.0 Å². The second-order valence-electron chi connectivity index (χ2n) is 8.89. The van der Waals surface area contributed by atoms with Gasteiger partial charge in [-0.3, -0.25) is 4.90 Å². The molecule has 184 valence electrons. The van der Waals surface area contributed by atoms with E-state index in [1.165, 1.54) is 29.2 Å². The van der Waals surface area contributed by atoms with E-state index in [1.54, 1.807) is 12.1 Å². The van der Waals surface area contributed by atoms with Crippen LogP contribution in [0, 0.1) is 0 Å². The number of benzene rings is 3. The van der Waals surface area contributed by atoms with Gasteiger partial charge in [-0.25, -0.2) is 9.59 Å². The molecular formula is C26H25F3N2O4. The topological polar surface area (TPSA) is 78.9 Å². The van der Waals surface area contributed by atoms with E-state index < -0.39 is 24.1 Å². The number of carboxylic acid groups (broad SMARTS) is 1. The average Bonchev–Trinajstić information content (AvgIpc) is 2.77. The standard InChI is InChI=1S/C26H25F3N2O4/c1-25(2,3)19-8-12-21(13-9-19)31(16-17-4-6-18(7-5-17)23(32)33)24(34)30-20-10-14-22(15-11-20)35-26(27,28)29/h4-15H,16H2,1-3H3,(H,30,34)(H,32,33). The molecule has 0 spiro atoms. The minimum absolute atomic E-state index is 0.0848. The Balaban J connectivity index is 1.85. The van der Waals surface area contributed by atoms with Crippen molar-refractivity contribution in [2.45, 2.75) is 39.1 Å². The summed E-state index contributed by atoms with van der Waals surface area (Å²) >= 11 is 0. The van der Waals surface area contributed by atoms with Gasteiger partial charge in [0.15, 0.2) is 0 Å². The molecule has 35 heavy (non-hydrogen) atoms. The molecule has 3 aromatic carbocycles. The molecule has 0 radical (unpaired) electrons.